The van der Waals surface area contributed by atoms with Gasteiger partial charge in [-0.25, -0.2) is 17.9 Å². The fourth-order valence-electron chi connectivity index (χ4n) is 3.09. The second-order valence-electron chi connectivity index (χ2n) is 6.53. The van der Waals surface area contributed by atoms with Gasteiger partial charge in [0, 0.05) is 25.6 Å². The number of aryl methyl sites for hydroxylation is 1. The molecule has 1 aliphatic heterocycles. The minimum atomic E-state index is -3.74. The lowest BCUT2D eigenvalue weighted by molar-refractivity contribution is 0.114. The van der Waals surface area contributed by atoms with E-state index in [1.807, 2.05) is 6.92 Å². The third kappa shape index (κ3) is 3.73. The number of sulfonamides is 1. The first kappa shape index (κ1) is 18.8. The summed E-state index contributed by atoms with van der Waals surface area (Å²) in [7, 11) is -3.74. The van der Waals surface area contributed by atoms with E-state index >= 15 is 0 Å². The van der Waals surface area contributed by atoms with Crippen LogP contribution in [0.25, 0.3) is 11.1 Å². The van der Waals surface area contributed by atoms with Crippen LogP contribution in [0.5, 0.6) is 0 Å². The van der Waals surface area contributed by atoms with Crippen molar-refractivity contribution in [2.75, 3.05) is 13.2 Å². The lowest BCUT2D eigenvalue weighted by atomic mass is 10.2. The van der Waals surface area contributed by atoms with Gasteiger partial charge in [-0.2, -0.15) is 4.98 Å². The minimum absolute atomic E-state index is 0.0201. The summed E-state index contributed by atoms with van der Waals surface area (Å²) in [5, 5.41) is 3.82. The predicted octanol–water partition coefficient (Wildman–Crippen LogP) is 1.05. The molecule has 1 aliphatic rings. The van der Waals surface area contributed by atoms with Crippen LogP contribution >= 0.6 is 0 Å². The van der Waals surface area contributed by atoms with E-state index in [-0.39, 0.29) is 29.7 Å². The van der Waals surface area contributed by atoms with Gasteiger partial charge in [-0.1, -0.05) is 12.1 Å². The van der Waals surface area contributed by atoms with Gasteiger partial charge in [-0.15, -0.1) is 0 Å². The van der Waals surface area contributed by atoms with Crippen molar-refractivity contribution in [3.8, 4) is 0 Å². The number of aromatic nitrogens is 3. The molecule has 1 fully saturated rings. The first-order valence-electron chi connectivity index (χ1n) is 9.02. The predicted molar refractivity (Wildman–Crippen MR) is 97.4 cm³/mol. The fraction of sp³-hybridized carbons (Fsp3) is 0.471. The average Bonchev–Trinajstić information content (AvgIpc) is 3.41. The number of ether oxygens (including phenoxy) is 1. The van der Waals surface area contributed by atoms with Crippen molar-refractivity contribution in [3.05, 3.63) is 40.5 Å². The van der Waals surface area contributed by atoms with Gasteiger partial charge in [0.05, 0.1) is 23.1 Å². The van der Waals surface area contributed by atoms with E-state index in [1.54, 1.807) is 0 Å². The second kappa shape index (κ2) is 7.49. The first-order valence-corrected chi connectivity index (χ1v) is 10.5. The van der Waals surface area contributed by atoms with Gasteiger partial charge in [0.15, 0.2) is 11.4 Å². The molecule has 2 aromatic heterocycles. The summed E-state index contributed by atoms with van der Waals surface area (Å²) in [6.45, 7) is 2.81. The molecule has 3 aromatic rings. The van der Waals surface area contributed by atoms with Crippen molar-refractivity contribution in [1.82, 2.24) is 19.4 Å². The van der Waals surface area contributed by atoms with Crippen LogP contribution in [0.3, 0.4) is 0 Å². The Morgan fingerprint density at radius 1 is 1.36 bits per heavy atom. The lowest BCUT2D eigenvalue weighted by Gasteiger charge is -2.11. The molecule has 1 aromatic carbocycles. The van der Waals surface area contributed by atoms with Gasteiger partial charge in [0.1, 0.15) is 0 Å². The summed E-state index contributed by atoms with van der Waals surface area (Å²) < 4.78 is 44.6. The quantitative estimate of drug-likeness (QED) is 0.614. The normalized spacial score (nSPS) is 17.5. The molecule has 150 valence electrons. The number of hydrogen-bond donors (Lipinski definition) is 1. The highest BCUT2D eigenvalue weighted by Crippen LogP contribution is 2.20. The summed E-state index contributed by atoms with van der Waals surface area (Å²) >= 11 is 0. The van der Waals surface area contributed by atoms with E-state index in [2.05, 4.69) is 14.9 Å². The van der Waals surface area contributed by atoms with Crippen molar-refractivity contribution in [2.24, 2.45) is 0 Å². The van der Waals surface area contributed by atoms with Gasteiger partial charge in [0.2, 0.25) is 15.9 Å². The third-order valence-electron chi connectivity index (χ3n) is 4.59. The number of rotatable bonds is 7. The zero-order valence-corrected chi connectivity index (χ0v) is 16.1. The van der Waals surface area contributed by atoms with Crippen LogP contribution in [0.15, 0.2) is 36.8 Å². The van der Waals surface area contributed by atoms with E-state index in [9.17, 15) is 13.2 Å². The zero-order chi connectivity index (χ0) is 19.7. The highest BCUT2D eigenvalue weighted by molar-refractivity contribution is 7.89. The van der Waals surface area contributed by atoms with Crippen LogP contribution < -0.4 is 10.5 Å². The average molecular weight is 408 g/mol. The maximum Gasteiger partial charge on any atom is 0.420 e. The van der Waals surface area contributed by atoms with Gasteiger partial charge >= 0.3 is 5.76 Å². The van der Waals surface area contributed by atoms with Crippen LogP contribution in [0, 0.1) is 0 Å². The largest absolute Gasteiger partial charge is 0.420 e. The molecule has 1 atom stereocenters. The van der Waals surface area contributed by atoms with E-state index in [1.165, 1.54) is 22.8 Å². The Balaban J connectivity index is 1.58. The Kier molecular flexibility index (Phi) is 5.04. The van der Waals surface area contributed by atoms with Crippen LogP contribution in [-0.2, 0) is 27.7 Å². The number of nitrogens with one attached hydrogen (secondary N) is 1. The molecule has 0 bridgehead atoms. The molecule has 1 N–H and O–H groups in total. The monoisotopic (exact) mass is 408 g/mol. The SMILES string of the molecule is CCc1nc(Cn2c(=O)oc3cc(S(=O)(=O)NC[C@H]4CCCO4)ccc32)no1. The molecule has 0 unspecified atom stereocenters. The minimum Gasteiger partial charge on any atom is -0.408 e. The molecule has 0 radical (unpaired) electrons. The smallest absolute Gasteiger partial charge is 0.408 e. The Labute approximate surface area is 160 Å². The maximum atomic E-state index is 12.5. The Hall–Kier alpha value is -2.50. The molecule has 3 heterocycles. The summed E-state index contributed by atoms with van der Waals surface area (Å²) in [6, 6.07) is 4.29. The van der Waals surface area contributed by atoms with E-state index in [0.717, 1.165) is 12.8 Å². The van der Waals surface area contributed by atoms with Crippen LogP contribution in [-0.4, -0.2) is 42.4 Å². The van der Waals surface area contributed by atoms with Crippen molar-refractivity contribution in [3.63, 3.8) is 0 Å². The summed E-state index contributed by atoms with van der Waals surface area (Å²) in [5.74, 6) is 0.192. The summed E-state index contributed by atoms with van der Waals surface area (Å²) in [6.07, 6.45) is 2.24. The molecule has 0 aliphatic carbocycles. The summed E-state index contributed by atoms with van der Waals surface area (Å²) in [4.78, 5) is 16.4. The van der Waals surface area contributed by atoms with Crippen LogP contribution in [0.1, 0.15) is 31.5 Å². The zero-order valence-electron chi connectivity index (χ0n) is 15.3. The standard InChI is InChI=1S/C17H20N4O6S/c1-2-16-19-15(20-27-16)10-21-13-6-5-12(8-14(13)26-17(21)22)28(23,24)18-9-11-4-3-7-25-11/h5-6,8,11,18H,2-4,7,9-10H2,1H3/t11-/m1/s1. The fourth-order valence-corrected chi connectivity index (χ4v) is 4.18. The van der Waals surface area contributed by atoms with Crippen molar-refractivity contribution in [1.29, 1.82) is 0 Å². The maximum absolute atomic E-state index is 12.5. The van der Waals surface area contributed by atoms with Gasteiger partial charge in [-0.05, 0) is 25.0 Å². The molecule has 1 saturated heterocycles. The number of benzene rings is 1. The molecule has 10 nitrogen and oxygen atoms in total. The molecule has 11 heteroatoms. The van der Waals surface area contributed by atoms with Gasteiger partial charge < -0.3 is 13.7 Å². The highest BCUT2D eigenvalue weighted by atomic mass is 32.2. The van der Waals surface area contributed by atoms with E-state index in [4.69, 9.17) is 13.7 Å². The molecule has 0 spiro atoms. The summed E-state index contributed by atoms with van der Waals surface area (Å²) in [5.41, 5.74) is 0.620. The highest BCUT2D eigenvalue weighted by Gasteiger charge is 2.22. The number of oxazole rings is 1. The molecule has 0 amide bonds. The molecular formula is C17H20N4O6S. The number of nitrogens with zero attached hydrogens (tertiary/aromatic N) is 3. The molecular weight excluding hydrogens is 388 g/mol. The molecule has 28 heavy (non-hydrogen) atoms. The van der Waals surface area contributed by atoms with E-state index in [0.29, 0.717) is 30.3 Å². The van der Waals surface area contributed by atoms with Crippen LogP contribution in [0.2, 0.25) is 0 Å². The third-order valence-corrected chi connectivity index (χ3v) is 6.01. The molecule has 0 saturated carbocycles. The second-order valence-corrected chi connectivity index (χ2v) is 8.30. The Morgan fingerprint density at radius 3 is 2.93 bits per heavy atom. The van der Waals surface area contributed by atoms with Gasteiger partial charge in [-0.3, -0.25) is 4.57 Å². The number of hydrogen-bond acceptors (Lipinski definition) is 8. The first-order chi connectivity index (χ1) is 13.5. The van der Waals surface area contributed by atoms with Crippen molar-refractivity contribution >= 4 is 21.1 Å². The Morgan fingerprint density at radius 2 is 2.21 bits per heavy atom. The van der Waals surface area contributed by atoms with Gasteiger partial charge in [0.25, 0.3) is 0 Å². The lowest BCUT2D eigenvalue weighted by Crippen LogP contribution is -2.31. The Bertz CT molecular complexity index is 1140. The van der Waals surface area contributed by atoms with Crippen LogP contribution in [0.4, 0.5) is 0 Å². The van der Waals surface area contributed by atoms with Crippen molar-refractivity contribution in [2.45, 2.75) is 43.7 Å². The van der Waals surface area contributed by atoms with Crippen molar-refractivity contribution < 1.29 is 22.1 Å². The molecule has 4 rings (SSSR count). The van der Waals surface area contributed by atoms with E-state index < -0.39 is 15.8 Å². The topological polar surface area (TPSA) is 129 Å². The number of fused-ring (bicyclic) bond motifs is 1.